The topological polar surface area (TPSA) is 53.0 Å². The average Bonchev–Trinajstić information content (AvgIpc) is 3.18. The lowest BCUT2D eigenvalue weighted by Crippen LogP contribution is -3.00. The standard InChI is InChI=1S/C44H44F2N3O3.BrH/c45-37-13-9-35(10-14-37)42(50)22-21-41-43(48(44(41)51)39-17-15-38(46)16-18-39)36-11-19-40(20-12-36)52-30-32-3-7-34(8-4-32)33-5-1-31(2-6-33)29-49-26-23-47(24-27-49)25-28-49;/h1-20,41-43,50H,21-30H2;1H/q+1;/p-1. The van der Waals surface area contributed by atoms with E-state index in [1.165, 1.54) is 84.7 Å². The Hall–Kier alpha value is -4.41. The molecule has 0 aliphatic carbocycles. The number of aliphatic hydroxyl groups is 1. The maximum Gasteiger partial charge on any atom is 0.233 e. The fourth-order valence-corrected chi connectivity index (χ4v) is 8.17. The lowest BCUT2D eigenvalue weighted by atomic mass is 9.78. The summed E-state index contributed by atoms with van der Waals surface area (Å²) in [5, 5.41) is 10.8. The Kier molecular flexibility index (Phi) is 11.1. The predicted molar refractivity (Wildman–Crippen MR) is 198 cm³/mol. The smallest absolute Gasteiger partial charge is 0.233 e. The number of anilines is 1. The first-order chi connectivity index (χ1) is 25.3. The summed E-state index contributed by atoms with van der Waals surface area (Å²) in [6.45, 7) is 9.03. The number of fused-ring (bicyclic) bond motifs is 3. The zero-order valence-corrected chi connectivity index (χ0v) is 31.2. The lowest BCUT2D eigenvalue weighted by molar-refractivity contribution is -0.953. The van der Waals surface area contributed by atoms with Crippen LogP contribution in [0.15, 0.2) is 121 Å². The van der Waals surface area contributed by atoms with E-state index in [1.807, 2.05) is 24.3 Å². The molecule has 1 amide bonds. The molecular weight excluding hydrogens is 736 g/mol. The molecule has 2 bridgehead atoms. The van der Waals surface area contributed by atoms with Crippen molar-refractivity contribution in [2.24, 2.45) is 5.92 Å². The molecule has 4 aliphatic heterocycles. The van der Waals surface area contributed by atoms with Crippen LogP contribution >= 0.6 is 0 Å². The van der Waals surface area contributed by atoms with Crippen LogP contribution in [0.2, 0.25) is 0 Å². The molecule has 53 heavy (non-hydrogen) atoms. The van der Waals surface area contributed by atoms with Gasteiger partial charge in [-0.3, -0.25) is 9.69 Å². The predicted octanol–water partition coefficient (Wildman–Crippen LogP) is 5.08. The van der Waals surface area contributed by atoms with E-state index in [-0.39, 0.29) is 46.5 Å². The number of halogens is 3. The molecule has 6 nitrogen and oxygen atoms in total. The van der Waals surface area contributed by atoms with Crippen molar-refractivity contribution >= 4 is 11.6 Å². The van der Waals surface area contributed by atoms with Crippen LogP contribution in [0.4, 0.5) is 14.5 Å². The molecule has 3 unspecified atom stereocenters. The Morgan fingerprint density at radius 3 is 1.85 bits per heavy atom. The number of β-lactam (4-membered cyclic amide) rings is 1. The Labute approximate surface area is 320 Å². The molecule has 0 radical (unpaired) electrons. The van der Waals surface area contributed by atoms with E-state index in [0.29, 0.717) is 36.4 Å². The minimum atomic E-state index is -0.816. The fourth-order valence-electron chi connectivity index (χ4n) is 8.17. The Morgan fingerprint density at radius 2 is 1.26 bits per heavy atom. The lowest BCUT2D eigenvalue weighted by Gasteiger charge is -2.50. The third-order valence-electron chi connectivity index (χ3n) is 11.4. The van der Waals surface area contributed by atoms with E-state index in [0.717, 1.165) is 17.7 Å². The van der Waals surface area contributed by atoms with Gasteiger partial charge >= 0.3 is 0 Å². The monoisotopic (exact) mass is 779 g/mol. The Morgan fingerprint density at radius 1 is 0.717 bits per heavy atom. The average molecular weight is 781 g/mol. The summed E-state index contributed by atoms with van der Waals surface area (Å²) >= 11 is 0. The summed E-state index contributed by atoms with van der Waals surface area (Å²) in [6, 6.07) is 36.8. The molecule has 4 aliphatic rings. The van der Waals surface area contributed by atoms with Crippen molar-refractivity contribution in [3.63, 3.8) is 0 Å². The highest BCUT2D eigenvalue weighted by molar-refractivity contribution is 6.03. The molecule has 5 aromatic carbocycles. The number of rotatable bonds is 12. The van der Waals surface area contributed by atoms with Crippen molar-refractivity contribution in [3.05, 3.63) is 155 Å². The van der Waals surface area contributed by atoms with Gasteiger partial charge in [0, 0.05) is 30.9 Å². The van der Waals surface area contributed by atoms with Crippen LogP contribution in [0, 0.1) is 17.6 Å². The number of amides is 1. The van der Waals surface area contributed by atoms with Crippen LogP contribution in [-0.2, 0) is 17.9 Å². The van der Waals surface area contributed by atoms with Crippen LogP contribution in [-0.4, -0.2) is 59.7 Å². The normalized spacial score (nSPS) is 22.5. The Balaban J connectivity index is 0.00000435. The Bertz CT molecular complexity index is 1970. The number of carbonyl (C=O) groups excluding carboxylic acids is 1. The number of hydrogen-bond acceptors (Lipinski definition) is 4. The number of ether oxygens (including phenoxy) is 1. The SMILES string of the molecule is O=C1C(CCC(O)c2ccc(F)cc2)C(c2ccc(OCc3ccc(-c4ccc(C[N+]56CCN(CC5)CC6)cc4)cc3)cc2)N1c1ccc(F)cc1.[Br-]. The van der Waals surface area contributed by atoms with Gasteiger partial charge in [-0.05, 0) is 89.2 Å². The second-order valence-corrected chi connectivity index (χ2v) is 14.6. The van der Waals surface area contributed by atoms with Gasteiger partial charge in [0.15, 0.2) is 0 Å². The molecule has 1 N–H and O–H groups in total. The molecule has 4 saturated heterocycles. The third-order valence-corrected chi connectivity index (χ3v) is 11.4. The minimum Gasteiger partial charge on any atom is -1.00 e. The van der Waals surface area contributed by atoms with Gasteiger partial charge < -0.3 is 36.2 Å². The second kappa shape index (κ2) is 15.9. The molecule has 4 heterocycles. The van der Waals surface area contributed by atoms with Crippen LogP contribution in [0.5, 0.6) is 5.75 Å². The van der Waals surface area contributed by atoms with Gasteiger partial charge in [-0.2, -0.15) is 0 Å². The van der Waals surface area contributed by atoms with Gasteiger partial charge in [-0.15, -0.1) is 0 Å². The molecular formula is C44H44BrF2N3O3. The molecule has 0 aromatic heterocycles. The summed E-state index contributed by atoms with van der Waals surface area (Å²) < 4.78 is 34.5. The fraction of sp³-hybridized carbons (Fsp3) is 0.295. The van der Waals surface area contributed by atoms with Crippen LogP contribution in [0.3, 0.4) is 0 Å². The number of hydrogen-bond donors (Lipinski definition) is 1. The molecule has 9 heteroatoms. The van der Waals surface area contributed by atoms with Crippen LogP contribution in [0.1, 0.15) is 47.2 Å². The molecule has 9 rings (SSSR count). The van der Waals surface area contributed by atoms with Crippen molar-refractivity contribution in [2.75, 3.05) is 44.2 Å². The summed E-state index contributed by atoms with van der Waals surface area (Å²) in [5.74, 6) is -0.466. The van der Waals surface area contributed by atoms with Crippen molar-refractivity contribution in [1.29, 1.82) is 0 Å². The number of piperazine rings is 3. The minimum absolute atomic E-state index is 0. The van der Waals surface area contributed by atoms with E-state index in [2.05, 4.69) is 53.4 Å². The van der Waals surface area contributed by atoms with Gasteiger partial charge in [0.25, 0.3) is 0 Å². The molecule has 4 fully saturated rings. The molecule has 0 spiro atoms. The van der Waals surface area contributed by atoms with E-state index in [1.54, 1.807) is 29.2 Å². The van der Waals surface area contributed by atoms with Crippen molar-refractivity contribution < 1.29 is 44.9 Å². The first-order valence-electron chi connectivity index (χ1n) is 18.3. The zero-order valence-electron chi connectivity index (χ0n) is 29.6. The van der Waals surface area contributed by atoms with E-state index in [9.17, 15) is 18.7 Å². The molecule has 3 atom stereocenters. The van der Waals surface area contributed by atoms with Crippen LogP contribution in [0.25, 0.3) is 11.1 Å². The van der Waals surface area contributed by atoms with Crippen LogP contribution < -0.4 is 26.6 Å². The third kappa shape index (κ3) is 8.09. The molecule has 5 aromatic rings. The summed E-state index contributed by atoms with van der Waals surface area (Å²) in [6.07, 6.45) is -0.0276. The van der Waals surface area contributed by atoms with Crippen molar-refractivity contribution in [1.82, 2.24) is 4.90 Å². The maximum atomic E-state index is 13.7. The zero-order chi connectivity index (χ0) is 35.7. The molecule has 0 saturated carbocycles. The summed E-state index contributed by atoms with van der Waals surface area (Å²) in [5.41, 5.74) is 7.03. The highest BCUT2D eigenvalue weighted by Gasteiger charge is 2.48. The number of benzene rings is 5. The van der Waals surface area contributed by atoms with Gasteiger partial charge in [0.2, 0.25) is 5.91 Å². The van der Waals surface area contributed by atoms with E-state index < -0.39 is 6.10 Å². The first-order valence-corrected chi connectivity index (χ1v) is 18.3. The maximum absolute atomic E-state index is 13.7. The number of nitrogens with zero attached hydrogens (tertiary/aromatic N) is 3. The second-order valence-electron chi connectivity index (χ2n) is 14.6. The van der Waals surface area contributed by atoms with Crippen molar-refractivity contribution in [2.45, 2.75) is 38.1 Å². The highest BCUT2D eigenvalue weighted by Crippen LogP contribution is 2.46. The largest absolute Gasteiger partial charge is 1.00 e. The van der Waals surface area contributed by atoms with E-state index in [4.69, 9.17) is 4.74 Å². The van der Waals surface area contributed by atoms with Gasteiger partial charge in [0.05, 0.1) is 37.7 Å². The highest BCUT2D eigenvalue weighted by atomic mass is 79.9. The first kappa shape index (κ1) is 36.9. The number of aliphatic hydroxyl groups excluding tert-OH is 1. The van der Waals surface area contributed by atoms with Gasteiger partial charge in [-0.25, -0.2) is 8.78 Å². The van der Waals surface area contributed by atoms with Gasteiger partial charge in [0.1, 0.15) is 30.5 Å². The molecule has 274 valence electrons. The number of carbonyl (C=O) groups is 1. The van der Waals surface area contributed by atoms with E-state index >= 15 is 0 Å². The van der Waals surface area contributed by atoms with Gasteiger partial charge in [-0.1, -0.05) is 72.8 Å². The quantitative estimate of drug-likeness (QED) is 0.142. The van der Waals surface area contributed by atoms with Crippen molar-refractivity contribution in [3.8, 4) is 16.9 Å². The summed E-state index contributed by atoms with van der Waals surface area (Å²) in [4.78, 5) is 17.7. The summed E-state index contributed by atoms with van der Waals surface area (Å²) in [7, 11) is 0. The number of quaternary nitrogens is 1.